The number of carbonyl (C=O) groups excluding carboxylic acids is 3. The average Bonchev–Trinajstić information content (AvgIpc) is 3.38. The van der Waals surface area contributed by atoms with Crippen LogP contribution < -0.4 is 5.32 Å². The molecule has 224 valence electrons. The van der Waals surface area contributed by atoms with Gasteiger partial charge in [0.1, 0.15) is 6.04 Å². The maximum Gasteiger partial charge on any atom is 0.253 e. The lowest BCUT2D eigenvalue weighted by atomic mass is 9.69. The summed E-state index contributed by atoms with van der Waals surface area (Å²) in [6.07, 6.45) is 2.15. The number of piperidine rings is 1. The Bertz CT molecular complexity index is 1450. The molecule has 1 saturated carbocycles. The van der Waals surface area contributed by atoms with Crippen LogP contribution in [-0.2, 0) is 10.2 Å². The third kappa shape index (κ3) is 5.72. The van der Waals surface area contributed by atoms with E-state index < -0.39 is 5.41 Å². The van der Waals surface area contributed by atoms with Crippen LogP contribution in [0.4, 0.5) is 0 Å². The number of nitrogens with one attached hydrogen (secondary N) is 2. The Labute approximate surface area is 251 Å². The first-order valence-corrected chi connectivity index (χ1v) is 14.4. The van der Waals surface area contributed by atoms with Gasteiger partial charge in [0.2, 0.25) is 5.91 Å². The number of fused-ring (bicyclic) bond motifs is 1. The summed E-state index contributed by atoms with van der Waals surface area (Å²) in [6, 6.07) is 16.5. The van der Waals surface area contributed by atoms with Crippen LogP contribution in [0, 0.1) is 17.2 Å². The van der Waals surface area contributed by atoms with Gasteiger partial charge < -0.3 is 20.0 Å². The molecule has 3 aromatic rings. The summed E-state index contributed by atoms with van der Waals surface area (Å²) in [5.41, 5.74) is 1.76. The molecule has 0 spiro atoms. The highest BCUT2D eigenvalue weighted by atomic mass is 16.2. The molecular weight excluding hydrogens is 546 g/mol. The van der Waals surface area contributed by atoms with E-state index >= 15 is 0 Å². The zero-order valence-electron chi connectivity index (χ0n) is 25.1. The molecule has 2 heterocycles. The van der Waals surface area contributed by atoms with Crippen molar-refractivity contribution in [3.05, 3.63) is 76.6 Å². The highest BCUT2D eigenvalue weighted by Crippen LogP contribution is 2.47. The van der Waals surface area contributed by atoms with Crippen molar-refractivity contribution in [2.45, 2.75) is 49.7 Å². The number of rotatable bonds is 10. The molecule has 3 amide bonds. The number of tetrazole rings is 1. The number of aromatic amines is 1. The van der Waals surface area contributed by atoms with Gasteiger partial charge in [0.05, 0.1) is 18.0 Å². The van der Waals surface area contributed by atoms with Crippen molar-refractivity contribution in [2.75, 3.05) is 34.7 Å². The highest BCUT2D eigenvalue weighted by molar-refractivity contribution is 5.94. The van der Waals surface area contributed by atoms with Crippen molar-refractivity contribution in [1.82, 2.24) is 40.6 Å². The number of nitrogens with zero attached hydrogens (tertiary/aromatic N) is 7. The van der Waals surface area contributed by atoms with Crippen LogP contribution in [0.3, 0.4) is 0 Å². The largest absolute Gasteiger partial charge is 0.345 e. The van der Waals surface area contributed by atoms with Crippen LogP contribution in [0.5, 0.6) is 0 Å². The molecule has 43 heavy (non-hydrogen) atoms. The topological polar surface area (TPSA) is 151 Å². The van der Waals surface area contributed by atoms with Crippen LogP contribution in [0.2, 0.25) is 0 Å². The fraction of sp³-hybridized carbons (Fsp3) is 0.452. The molecule has 2 aliphatic rings. The minimum Gasteiger partial charge on any atom is -0.345 e. The zero-order valence-corrected chi connectivity index (χ0v) is 25.1. The number of amides is 3. The van der Waals surface area contributed by atoms with Gasteiger partial charge in [0, 0.05) is 51.4 Å². The van der Waals surface area contributed by atoms with Gasteiger partial charge in [-0.25, -0.2) is 0 Å². The standard InChI is InChI=1S/C31H37N9O3/c1-19(33-18-27(41)40-25(17-32)14-22-15-26(22)40)16-31(30-34-36-37-35-30,23-10-6-20(7-11-23)28(42)38(2)3)24-12-8-21(9-13-24)29(43)39(4)5/h6-13,19,22,25-26,33H,14-16,18H2,1-5H3,(H,34,35,36,37)/t19-,22-,25?,26+/m1/s1. The van der Waals surface area contributed by atoms with Crippen LogP contribution in [-0.4, -0.2) is 106 Å². The summed E-state index contributed by atoms with van der Waals surface area (Å²) in [7, 11) is 6.82. The molecule has 0 radical (unpaired) electrons. The minimum absolute atomic E-state index is 0.0772. The smallest absolute Gasteiger partial charge is 0.253 e. The fourth-order valence-electron chi connectivity index (χ4n) is 6.22. The number of hydrogen-bond acceptors (Lipinski definition) is 8. The summed E-state index contributed by atoms with van der Waals surface area (Å²) in [4.78, 5) is 43.3. The first-order chi connectivity index (χ1) is 20.6. The van der Waals surface area contributed by atoms with Crippen molar-refractivity contribution >= 4 is 17.7 Å². The molecule has 2 aromatic carbocycles. The number of likely N-dealkylation sites (tertiary alicyclic amines) is 1. The second kappa shape index (κ2) is 11.9. The lowest BCUT2D eigenvalue weighted by molar-refractivity contribution is -0.131. The third-order valence-corrected chi connectivity index (χ3v) is 8.54. The van der Waals surface area contributed by atoms with E-state index in [1.54, 1.807) is 57.4 Å². The number of benzene rings is 2. The van der Waals surface area contributed by atoms with Gasteiger partial charge in [-0.3, -0.25) is 14.4 Å². The maximum absolute atomic E-state index is 13.2. The van der Waals surface area contributed by atoms with E-state index in [1.165, 1.54) is 9.80 Å². The Morgan fingerprint density at radius 2 is 1.56 bits per heavy atom. The average molecular weight is 584 g/mol. The number of nitriles is 1. The van der Waals surface area contributed by atoms with E-state index in [2.05, 4.69) is 32.0 Å². The Morgan fingerprint density at radius 3 is 2.02 bits per heavy atom. The molecule has 1 aliphatic carbocycles. The normalized spacial score (nSPS) is 19.7. The first kappa shape index (κ1) is 29.8. The van der Waals surface area contributed by atoms with Crippen molar-refractivity contribution in [2.24, 2.45) is 5.92 Å². The molecular formula is C31H37N9O3. The zero-order chi connectivity index (χ0) is 30.9. The number of hydrogen-bond donors (Lipinski definition) is 2. The van der Waals surface area contributed by atoms with Crippen molar-refractivity contribution in [1.29, 1.82) is 5.26 Å². The van der Waals surface area contributed by atoms with Gasteiger partial charge in [-0.05, 0) is 67.5 Å². The molecule has 12 nitrogen and oxygen atoms in total. The van der Waals surface area contributed by atoms with Gasteiger partial charge >= 0.3 is 0 Å². The second-order valence-electron chi connectivity index (χ2n) is 11.9. The Balaban J connectivity index is 1.50. The molecule has 4 atom stereocenters. The SMILES string of the molecule is C[C@H](CC(c1ccc(C(=O)N(C)C)cc1)(c1ccc(C(=O)N(C)C)cc1)c1nn[nH]n1)NCC(=O)N1C(C#N)C[C@@H]2C[C@@H]21. The van der Waals surface area contributed by atoms with Crippen molar-refractivity contribution < 1.29 is 14.4 Å². The van der Waals surface area contributed by atoms with Gasteiger partial charge in [-0.15, -0.1) is 10.2 Å². The van der Waals surface area contributed by atoms with Crippen LogP contribution >= 0.6 is 0 Å². The summed E-state index contributed by atoms with van der Waals surface area (Å²) >= 11 is 0. The molecule has 5 rings (SSSR count). The molecule has 0 bridgehead atoms. The lowest BCUT2D eigenvalue weighted by Crippen LogP contribution is -2.46. The predicted molar refractivity (Wildman–Crippen MR) is 158 cm³/mol. The first-order valence-electron chi connectivity index (χ1n) is 14.4. The Hall–Kier alpha value is -4.63. The molecule has 12 heteroatoms. The van der Waals surface area contributed by atoms with E-state index in [0.717, 1.165) is 24.0 Å². The molecule has 1 aliphatic heterocycles. The van der Waals surface area contributed by atoms with E-state index in [9.17, 15) is 19.6 Å². The van der Waals surface area contributed by atoms with Crippen LogP contribution in [0.15, 0.2) is 48.5 Å². The highest BCUT2D eigenvalue weighted by Gasteiger charge is 2.54. The lowest BCUT2D eigenvalue weighted by Gasteiger charge is -2.35. The van der Waals surface area contributed by atoms with Gasteiger partial charge in [0.15, 0.2) is 5.82 Å². The second-order valence-corrected chi connectivity index (χ2v) is 11.9. The Morgan fingerprint density at radius 1 is 1.00 bits per heavy atom. The predicted octanol–water partition coefficient (Wildman–Crippen LogP) is 1.82. The molecule has 1 unspecified atom stereocenters. The molecule has 1 saturated heterocycles. The van der Waals surface area contributed by atoms with E-state index in [4.69, 9.17) is 0 Å². The number of carbonyl (C=O) groups is 3. The summed E-state index contributed by atoms with van der Waals surface area (Å²) < 4.78 is 0. The van der Waals surface area contributed by atoms with Gasteiger partial charge in [-0.2, -0.15) is 10.5 Å². The van der Waals surface area contributed by atoms with E-state index in [1.807, 2.05) is 31.2 Å². The third-order valence-electron chi connectivity index (χ3n) is 8.54. The van der Waals surface area contributed by atoms with Crippen molar-refractivity contribution in [3.8, 4) is 6.07 Å². The summed E-state index contributed by atoms with van der Waals surface area (Å²) in [5.74, 6) is 0.545. The minimum atomic E-state index is -0.952. The number of aromatic nitrogens is 4. The Kier molecular flexibility index (Phi) is 8.28. The van der Waals surface area contributed by atoms with Crippen LogP contribution in [0.25, 0.3) is 0 Å². The summed E-state index contributed by atoms with van der Waals surface area (Å²) in [5, 5.41) is 28.2. The van der Waals surface area contributed by atoms with Crippen molar-refractivity contribution in [3.63, 3.8) is 0 Å². The maximum atomic E-state index is 13.2. The molecule has 1 aromatic heterocycles. The monoisotopic (exact) mass is 583 g/mol. The molecule has 2 fully saturated rings. The fourth-order valence-corrected chi connectivity index (χ4v) is 6.22. The number of H-pyrrole nitrogens is 1. The van der Waals surface area contributed by atoms with Gasteiger partial charge in [-0.1, -0.05) is 29.5 Å². The quantitative estimate of drug-likeness (QED) is 0.367. The molecule has 2 N–H and O–H groups in total. The van der Waals surface area contributed by atoms with Gasteiger partial charge in [0.25, 0.3) is 11.8 Å². The summed E-state index contributed by atoms with van der Waals surface area (Å²) in [6.45, 7) is 2.08. The van der Waals surface area contributed by atoms with Crippen LogP contribution in [0.1, 0.15) is 63.9 Å². The van der Waals surface area contributed by atoms with E-state index in [0.29, 0.717) is 29.3 Å². The van der Waals surface area contributed by atoms with E-state index in [-0.39, 0.29) is 42.4 Å².